The highest BCUT2D eigenvalue weighted by atomic mass is 16.6. The van der Waals surface area contributed by atoms with E-state index in [1.807, 2.05) is 11.8 Å². The van der Waals surface area contributed by atoms with Crippen LogP contribution in [0.3, 0.4) is 0 Å². The van der Waals surface area contributed by atoms with Gasteiger partial charge in [-0.3, -0.25) is 4.79 Å². The Morgan fingerprint density at radius 2 is 1.27 bits per heavy atom. The average molecular weight is 697 g/mol. The molecule has 9 heteroatoms. The van der Waals surface area contributed by atoms with E-state index in [4.69, 9.17) is 29.8 Å². The maximum absolute atomic E-state index is 11.6. The fourth-order valence-corrected chi connectivity index (χ4v) is 6.97. The number of nitrogens with two attached hydrogens (primary N) is 1. The van der Waals surface area contributed by atoms with Gasteiger partial charge in [0.05, 0.1) is 19.8 Å². The molecule has 0 bridgehead atoms. The van der Waals surface area contributed by atoms with Gasteiger partial charge in [0.1, 0.15) is 18.8 Å². The third kappa shape index (κ3) is 23.6. The minimum absolute atomic E-state index is 0.0606. The SMILES string of the molecule is C1CCOC1.CC1CCCCCCC1.CCCC(=O)OC[C@H]1CO1.NC1CCCCCCC1.O=C1O[C@@H](CO)CN1C1CCCCCCC1. The first-order valence-electron chi connectivity index (χ1n) is 20.6. The number of carbonyl (C=O) groups excluding carboxylic acids is 2. The molecule has 3 saturated heterocycles. The average Bonchev–Trinajstić information content (AvgIpc) is 3.51. The summed E-state index contributed by atoms with van der Waals surface area (Å²) in [6, 6.07) is 0.856. The molecule has 49 heavy (non-hydrogen) atoms. The Bertz CT molecular complexity index is 756. The lowest BCUT2D eigenvalue weighted by molar-refractivity contribution is -0.144. The zero-order valence-corrected chi connectivity index (χ0v) is 31.7. The molecule has 3 saturated carbocycles. The molecule has 0 aromatic heterocycles. The topological polar surface area (TPSA) is 124 Å². The summed E-state index contributed by atoms with van der Waals surface area (Å²) in [6.45, 7) is 8.05. The molecule has 0 aromatic carbocycles. The van der Waals surface area contributed by atoms with Crippen molar-refractivity contribution in [1.29, 1.82) is 0 Å². The predicted molar refractivity (Wildman–Crippen MR) is 198 cm³/mol. The molecule has 3 heterocycles. The van der Waals surface area contributed by atoms with Crippen molar-refractivity contribution >= 4 is 12.1 Å². The number of hydrogen-bond donors (Lipinski definition) is 2. The third-order valence-corrected chi connectivity index (χ3v) is 10.3. The predicted octanol–water partition coefficient (Wildman–Crippen LogP) is 8.86. The second kappa shape index (κ2) is 29.2. The van der Waals surface area contributed by atoms with Crippen LogP contribution in [0.2, 0.25) is 0 Å². The number of esters is 1. The second-order valence-corrected chi connectivity index (χ2v) is 15.1. The van der Waals surface area contributed by atoms with Crippen molar-refractivity contribution in [3.05, 3.63) is 0 Å². The second-order valence-electron chi connectivity index (χ2n) is 15.1. The zero-order chi connectivity index (χ0) is 35.4. The van der Waals surface area contributed by atoms with Gasteiger partial charge in [-0.1, -0.05) is 123 Å². The van der Waals surface area contributed by atoms with E-state index in [1.165, 1.54) is 135 Å². The molecule has 6 rings (SSSR count). The maximum Gasteiger partial charge on any atom is 0.410 e. The smallest absolute Gasteiger partial charge is 0.410 e. The van der Waals surface area contributed by atoms with E-state index in [0.717, 1.165) is 45.0 Å². The normalized spacial score (nSPS) is 25.6. The van der Waals surface area contributed by atoms with E-state index >= 15 is 0 Å². The Hall–Kier alpha value is -1.42. The van der Waals surface area contributed by atoms with Gasteiger partial charge in [-0.25, -0.2) is 4.79 Å². The number of cyclic esters (lactones) is 1. The van der Waals surface area contributed by atoms with Crippen LogP contribution in [-0.4, -0.2) is 85.9 Å². The number of aliphatic hydroxyl groups is 1. The van der Waals surface area contributed by atoms with Crippen LogP contribution >= 0.6 is 0 Å². The number of carbonyl (C=O) groups is 2. The van der Waals surface area contributed by atoms with Gasteiger partial charge in [0.15, 0.2) is 0 Å². The summed E-state index contributed by atoms with van der Waals surface area (Å²) in [5, 5.41) is 9.00. The summed E-state index contributed by atoms with van der Waals surface area (Å²) >= 11 is 0. The largest absolute Gasteiger partial charge is 0.463 e. The van der Waals surface area contributed by atoms with E-state index < -0.39 is 0 Å². The van der Waals surface area contributed by atoms with Crippen molar-refractivity contribution in [3.8, 4) is 0 Å². The highest BCUT2D eigenvalue weighted by Crippen LogP contribution is 2.25. The lowest BCUT2D eigenvalue weighted by Crippen LogP contribution is -2.37. The molecule has 2 atom stereocenters. The van der Waals surface area contributed by atoms with Crippen molar-refractivity contribution in [1.82, 2.24) is 4.90 Å². The number of hydrogen-bond acceptors (Lipinski definition) is 8. The third-order valence-electron chi connectivity index (χ3n) is 10.3. The fraction of sp³-hybridized carbons (Fsp3) is 0.950. The molecule has 3 N–H and O–H groups in total. The van der Waals surface area contributed by atoms with Crippen LogP contribution in [0.15, 0.2) is 0 Å². The zero-order valence-electron chi connectivity index (χ0n) is 31.7. The van der Waals surface area contributed by atoms with Crippen molar-refractivity contribution in [2.75, 3.05) is 39.6 Å². The van der Waals surface area contributed by atoms with Crippen LogP contribution < -0.4 is 5.73 Å². The highest BCUT2D eigenvalue weighted by Gasteiger charge is 2.35. The van der Waals surface area contributed by atoms with Gasteiger partial charge in [0.25, 0.3) is 0 Å². The summed E-state index contributed by atoms with van der Waals surface area (Å²) in [5.41, 5.74) is 5.80. The van der Waals surface area contributed by atoms with E-state index in [0.29, 0.717) is 31.7 Å². The molecular weight excluding hydrogens is 620 g/mol. The van der Waals surface area contributed by atoms with Crippen LogP contribution in [-0.2, 0) is 23.7 Å². The Morgan fingerprint density at radius 3 is 1.69 bits per heavy atom. The fourth-order valence-electron chi connectivity index (χ4n) is 6.97. The molecule has 0 unspecified atom stereocenters. The molecule has 0 spiro atoms. The van der Waals surface area contributed by atoms with Gasteiger partial charge >= 0.3 is 12.1 Å². The van der Waals surface area contributed by atoms with Crippen LogP contribution in [0.5, 0.6) is 0 Å². The monoisotopic (exact) mass is 697 g/mol. The summed E-state index contributed by atoms with van der Waals surface area (Å²) in [5.74, 6) is 0.906. The lowest BCUT2D eigenvalue weighted by Gasteiger charge is -2.27. The van der Waals surface area contributed by atoms with Crippen LogP contribution in [0.4, 0.5) is 4.79 Å². The van der Waals surface area contributed by atoms with E-state index in [1.54, 1.807) is 0 Å². The van der Waals surface area contributed by atoms with Crippen LogP contribution in [0.25, 0.3) is 0 Å². The van der Waals surface area contributed by atoms with E-state index in [9.17, 15) is 9.59 Å². The Labute approximate surface area is 300 Å². The molecule has 0 aromatic rings. The Balaban J connectivity index is 0.000000223. The number of aliphatic hydroxyl groups excluding tert-OH is 1. The standard InChI is InChI=1S/C12H21NO3.C9H18.C8H17N.C7H12O3.C4H8O/c14-9-11-8-13(12(15)16-11)10-6-4-2-1-3-5-7-10;1-9-7-5-3-2-4-6-8-9;9-8-6-4-2-1-3-5-7-8;1-2-3-7(8)10-5-6-4-9-6;1-2-4-5-3-1/h10-11,14H,1-9H2;9H,2-8H2,1H3;8H,1-7,9H2;6H,2-5H2,1H3;1-4H2/t11-;;;6-;/m1..1./s1. The molecule has 0 radical (unpaired) electrons. The minimum atomic E-state index is -0.307. The van der Waals surface area contributed by atoms with E-state index in [-0.39, 0.29) is 30.9 Å². The molecule has 1 amide bonds. The quantitative estimate of drug-likeness (QED) is 0.209. The minimum Gasteiger partial charge on any atom is -0.463 e. The molecule has 3 aliphatic heterocycles. The van der Waals surface area contributed by atoms with Gasteiger partial charge < -0.3 is 34.7 Å². The first kappa shape index (κ1) is 43.7. The number of rotatable bonds is 6. The molecule has 3 aliphatic carbocycles. The number of amides is 1. The number of epoxide rings is 1. The highest BCUT2D eigenvalue weighted by molar-refractivity contribution is 5.70. The molecule has 288 valence electrons. The summed E-state index contributed by atoms with van der Waals surface area (Å²) in [4.78, 5) is 24.2. The van der Waals surface area contributed by atoms with Gasteiger partial charge in [-0.15, -0.1) is 0 Å². The summed E-state index contributed by atoms with van der Waals surface area (Å²) in [6.07, 6.45) is 32.0. The van der Waals surface area contributed by atoms with Gasteiger partial charge in [-0.2, -0.15) is 0 Å². The molecular formula is C40H76N2O7. The Morgan fingerprint density at radius 1 is 0.776 bits per heavy atom. The van der Waals surface area contributed by atoms with Crippen molar-refractivity contribution in [2.24, 2.45) is 11.7 Å². The van der Waals surface area contributed by atoms with Crippen molar-refractivity contribution in [3.63, 3.8) is 0 Å². The van der Waals surface area contributed by atoms with Gasteiger partial charge in [0, 0.05) is 31.7 Å². The van der Waals surface area contributed by atoms with Gasteiger partial charge in [0.2, 0.25) is 0 Å². The molecule has 6 fully saturated rings. The van der Waals surface area contributed by atoms with Gasteiger partial charge in [-0.05, 0) is 50.9 Å². The number of nitrogens with zero attached hydrogens (tertiary/aromatic N) is 1. The first-order chi connectivity index (χ1) is 23.9. The molecule has 6 aliphatic rings. The Kier molecular flexibility index (Phi) is 26.1. The summed E-state index contributed by atoms with van der Waals surface area (Å²) < 4.78 is 19.7. The first-order valence-corrected chi connectivity index (χ1v) is 20.6. The van der Waals surface area contributed by atoms with Crippen LogP contribution in [0, 0.1) is 5.92 Å². The van der Waals surface area contributed by atoms with Crippen molar-refractivity contribution in [2.45, 2.75) is 199 Å². The van der Waals surface area contributed by atoms with Crippen molar-refractivity contribution < 1.29 is 33.6 Å². The summed E-state index contributed by atoms with van der Waals surface area (Å²) in [7, 11) is 0. The molecule has 9 nitrogen and oxygen atoms in total. The lowest BCUT2D eigenvalue weighted by atomic mass is 9.93. The maximum atomic E-state index is 11.6. The van der Waals surface area contributed by atoms with E-state index in [2.05, 4.69) is 6.92 Å². The number of ether oxygens (including phenoxy) is 4. The van der Waals surface area contributed by atoms with Crippen LogP contribution in [0.1, 0.15) is 174 Å².